The molecule has 0 saturated carbocycles. The molecular weight excluding hydrogens is 300 g/mol. The molecule has 2 N–H and O–H groups in total. The van der Waals surface area contributed by atoms with Gasteiger partial charge in [0.15, 0.2) is 0 Å². The number of thiophene rings is 1. The Morgan fingerprint density at radius 3 is 2.85 bits per heavy atom. The van der Waals surface area contributed by atoms with Gasteiger partial charge < -0.3 is 9.72 Å². The van der Waals surface area contributed by atoms with Crippen LogP contribution in [0.4, 0.5) is 0 Å². The number of aromatic amines is 1. The summed E-state index contributed by atoms with van der Waals surface area (Å²) in [5, 5.41) is 1.62. The largest absolute Gasteiger partial charge is 0.465 e. The van der Waals surface area contributed by atoms with Gasteiger partial charge in [-0.15, -0.1) is 11.3 Å². The van der Waals surface area contributed by atoms with E-state index >= 15 is 0 Å². The minimum Gasteiger partial charge on any atom is -0.465 e. The van der Waals surface area contributed by atoms with E-state index in [1.54, 1.807) is 30.8 Å². The maximum Gasteiger partial charge on any atom is 0.349 e. The van der Waals surface area contributed by atoms with Gasteiger partial charge >= 0.3 is 5.97 Å². The number of hydrogen-bond donors (Lipinski definition) is 2. The number of esters is 1. The third-order valence-corrected chi connectivity index (χ3v) is 5.48. The molecule has 0 unspecified atom stereocenters. The Kier molecular flexibility index (Phi) is 4.26. The van der Waals surface area contributed by atoms with Gasteiger partial charge in [-0.05, 0) is 29.5 Å². The molecule has 2 aromatic heterocycles. The molecule has 0 aliphatic carbocycles. The zero-order chi connectivity index (χ0) is 14.8. The molecular formula is C12H14N2O4S2. The lowest BCUT2D eigenvalue weighted by atomic mass is 10.3. The molecule has 0 aliphatic rings. The molecule has 6 nitrogen and oxygen atoms in total. The Balaban J connectivity index is 2.29. The average Bonchev–Trinajstić information content (AvgIpc) is 3.04. The van der Waals surface area contributed by atoms with Gasteiger partial charge in [0.2, 0.25) is 10.0 Å². The van der Waals surface area contributed by atoms with E-state index < -0.39 is 16.0 Å². The van der Waals surface area contributed by atoms with Crippen LogP contribution in [0.15, 0.2) is 28.7 Å². The molecule has 0 amide bonds. The van der Waals surface area contributed by atoms with Crippen molar-refractivity contribution in [3.05, 3.63) is 39.8 Å². The fourth-order valence-corrected chi connectivity index (χ4v) is 4.44. The number of rotatable bonds is 5. The van der Waals surface area contributed by atoms with Gasteiger partial charge in [0, 0.05) is 18.9 Å². The van der Waals surface area contributed by atoms with Crippen LogP contribution in [0.2, 0.25) is 0 Å². The molecule has 0 saturated heterocycles. The fraction of sp³-hybridized carbons (Fsp3) is 0.250. The molecule has 2 heterocycles. The maximum absolute atomic E-state index is 12.3. The highest BCUT2D eigenvalue weighted by Gasteiger charge is 2.27. The number of carbonyl (C=O) groups is 1. The van der Waals surface area contributed by atoms with Crippen LogP contribution in [0.25, 0.3) is 0 Å². The summed E-state index contributed by atoms with van der Waals surface area (Å²) in [5.74, 6) is -0.648. The number of H-pyrrole nitrogens is 1. The number of aromatic nitrogens is 1. The summed E-state index contributed by atoms with van der Waals surface area (Å²) in [6.07, 6.45) is 3.41. The van der Waals surface area contributed by atoms with Crippen LogP contribution in [0.1, 0.15) is 20.8 Å². The number of ether oxygens (including phenoxy) is 1. The van der Waals surface area contributed by atoms with Crippen LogP contribution in [-0.2, 0) is 21.3 Å². The predicted octanol–water partition coefficient (Wildman–Crippen LogP) is 1.65. The van der Waals surface area contributed by atoms with Gasteiger partial charge in [-0.25, -0.2) is 17.9 Å². The second-order valence-corrected chi connectivity index (χ2v) is 6.70. The average molecular weight is 314 g/mol. The van der Waals surface area contributed by atoms with Crippen LogP contribution in [0.3, 0.4) is 0 Å². The standard InChI is InChI=1S/C12H14N2O4S2/c1-8-7-19-10(12(15)18-2)11(8)20(16,17)14-6-9-3-4-13-5-9/h3-5,7,13-14H,6H2,1-2H3. The molecule has 2 aromatic rings. The van der Waals surface area contributed by atoms with Crippen molar-refractivity contribution in [3.63, 3.8) is 0 Å². The van der Waals surface area contributed by atoms with Crippen LogP contribution < -0.4 is 4.72 Å². The summed E-state index contributed by atoms with van der Waals surface area (Å²) in [7, 11) is -2.54. The zero-order valence-corrected chi connectivity index (χ0v) is 12.6. The van der Waals surface area contributed by atoms with E-state index in [1.165, 1.54) is 7.11 Å². The lowest BCUT2D eigenvalue weighted by Crippen LogP contribution is -2.25. The molecule has 108 valence electrons. The molecule has 2 rings (SSSR count). The van der Waals surface area contributed by atoms with E-state index in [1.807, 2.05) is 0 Å². The second-order valence-electron chi connectivity index (χ2n) is 4.11. The van der Waals surface area contributed by atoms with Crippen molar-refractivity contribution in [2.75, 3.05) is 7.11 Å². The number of methoxy groups -OCH3 is 1. The third-order valence-electron chi connectivity index (χ3n) is 2.69. The Labute approximate surface area is 120 Å². The van der Waals surface area contributed by atoms with E-state index in [0.29, 0.717) is 5.56 Å². The van der Waals surface area contributed by atoms with Crippen molar-refractivity contribution in [2.24, 2.45) is 0 Å². The van der Waals surface area contributed by atoms with E-state index in [-0.39, 0.29) is 16.3 Å². The van der Waals surface area contributed by atoms with Crippen LogP contribution in [0.5, 0.6) is 0 Å². The Morgan fingerprint density at radius 2 is 2.25 bits per heavy atom. The number of aryl methyl sites for hydroxylation is 1. The van der Waals surface area contributed by atoms with Crippen molar-refractivity contribution in [1.29, 1.82) is 0 Å². The van der Waals surface area contributed by atoms with Crippen molar-refractivity contribution in [3.8, 4) is 0 Å². The molecule has 8 heteroatoms. The summed E-state index contributed by atoms with van der Waals surface area (Å²) < 4.78 is 31.7. The van der Waals surface area contributed by atoms with E-state index in [0.717, 1.165) is 16.9 Å². The lowest BCUT2D eigenvalue weighted by Gasteiger charge is -2.07. The van der Waals surface area contributed by atoms with Gasteiger partial charge in [-0.1, -0.05) is 0 Å². The number of carbonyl (C=O) groups excluding carboxylic acids is 1. The van der Waals surface area contributed by atoms with Crippen molar-refractivity contribution in [1.82, 2.24) is 9.71 Å². The summed E-state index contributed by atoms with van der Waals surface area (Å²) in [5.41, 5.74) is 1.33. The van der Waals surface area contributed by atoms with E-state index in [9.17, 15) is 13.2 Å². The Hall–Kier alpha value is -1.64. The topological polar surface area (TPSA) is 88.3 Å². The normalized spacial score (nSPS) is 11.5. The monoisotopic (exact) mass is 314 g/mol. The molecule has 0 bridgehead atoms. The molecule has 0 fully saturated rings. The molecule has 0 aromatic carbocycles. The smallest absolute Gasteiger partial charge is 0.349 e. The number of nitrogens with one attached hydrogen (secondary N) is 2. The highest BCUT2D eigenvalue weighted by atomic mass is 32.2. The second kappa shape index (κ2) is 5.78. The molecule has 0 aliphatic heterocycles. The van der Waals surface area contributed by atoms with Gasteiger partial charge in [0.05, 0.1) is 7.11 Å². The minimum atomic E-state index is -3.76. The minimum absolute atomic E-state index is 0.00937. The van der Waals surface area contributed by atoms with Crippen LogP contribution in [0, 0.1) is 6.92 Å². The van der Waals surface area contributed by atoms with Crippen molar-refractivity contribution >= 4 is 27.3 Å². The van der Waals surface area contributed by atoms with Gasteiger partial charge in [-0.3, -0.25) is 0 Å². The van der Waals surface area contributed by atoms with Crippen LogP contribution in [-0.4, -0.2) is 26.5 Å². The fourth-order valence-electron chi connectivity index (χ4n) is 1.72. The molecule has 20 heavy (non-hydrogen) atoms. The highest BCUT2D eigenvalue weighted by Crippen LogP contribution is 2.27. The van der Waals surface area contributed by atoms with Gasteiger partial charge in [0.25, 0.3) is 0 Å². The Bertz CT molecular complexity index is 702. The Morgan fingerprint density at radius 1 is 1.50 bits per heavy atom. The number of hydrogen-bond acceptors (Lipinski definition) is 5. The quantitative estimate of drug-likeness (QED) is 0.821. The third kappa shape index (κ3) is 2.92. The van der Waals surface area contributed by atoms with E-state index in [4.69, 9.17) is 0 Å². The summed E-state index contributed by atoms with van der Waals surface area (Å²) in [6, 6.07) is 1.77. The van der Waals surface area contributed by atoms with Gasteiger partial charge in [0.1, 0.15) is 9.77 Å². The number of sulfonamides is 1. The molecule has 0 radical (unpaired) electrons. The lowest BCUT2D eigenvalue weighted by molar-refractivity contribution is 0.0602. The summed E-state index contributed by atoms with van der Waals surface area (Å²) >= 11 is 1.06. The van der Waals surface area contributed by atoms with Crippen LogP contribution >= 0.6 is 11.3 Å². The first kappa shape index (κ1) is 14.8. The molecule has 0 spiro atoms. The van der Waals surface area contributed by atoms with Crippen molar-refractivity contribution in [2.45, 2.75) is 18.4 Å². The summed E-state index contributed by atoms with van der Waals surface area (Å²) in [6.45, 7) is 1.80. The van der Waals surface area contributed by atoms with E-state index in [2.05, 4.69) is 14.4 Å². The first-order valence-electron chi connectivity index (χ1n) is 5.73. The van der Waals surface area contributed by atoms with Crippen molar-refractivity contribution < 1.29 is 17.9 Å². The summed E-state index contributed by atoms with van der Waals surface area (Å²) in [4.78, 5) is 14.5. The first-order valence-corrected chi connectivity index (χ1v) is 8.09. The zero-order valence-electron chi connectivity index (χ0n) is 11.0. The first-order chi connectivity index (χ1) is 9.45. The highest BCUT2D eigenvalue weighted by molar-refractivity contribution is 7.89. The maximum atomic E-state index is 12.3. The molecule has 0 atom stereocenters. The predicted molar refractivity (Wildman–Crippen MR) is 75.2 cm³/mol. The SMILES string of the molecule is COC(=O)c1scc(C)c1S(=O)(=O)NCc1cc[nH]c1. The van der Waals surface area contributed by atoms with Gasteiger partial charge in [-0.2, -0.15) is 0 Å².